The minimum atomic E-state index is -0.494. The van der Waals surface area contributed by atoms with Crippen molar-refractivity contribution in [3.05, 3.63) is 46.6 Å². The zero-order chi connectivity index (χ0) is 14.7. The standard InChI is InChI=1S/C14H11N3O3S/c1-2-19-11-5-3-9(4-6-11)13-15-12(14(18)20-13)7-10-8-21-17-16-10/h3-8H,2H2,1H3/b12-7-. The molecule has 0 amide bonds. The summed E-state index contributed by atoms with van der Waals surface area (Å²) in [5.41, 5.74) is 1.52. The van der Waals surface area contributed by atoms with Crippen LogP contribution in [0.1, 0.15) is 18.2 Å². The first-order valence-corrected chi connectivity index (χ1v) is 7.13. The molecule has 0 unspecified atom stereocenters. The van der Waals surface area contributed by atoms with Gasteiger partial charge in [0, 0.05) is 10.9 Å². The Bertz CT molecular complexity index is 706. The predicted octanol–water partition coefficient (Wildman–Crippen LogP) is 2.28. The van der Waals surface area contributed by atoms with Gasteiger partial charge in [-0.25, -0.2) is 9.79 Å². The number of carbonyl (C=O) groups excluding carboxylic acids is 1. The number of hydrogen-bond acceptors (Lipinski definition) is 7. The number of rotatable bonds is 4. The van der Waals surface area contributed by atoms with Crippen LogP contribution in [0.2, 0.25) is 0 Å². The molecule has 0 bridgehead atoms. The van der Waals surface area contributed by atoms with Gasteiger partial charge >= 0.3 is 5.97 Å². The van der Waals surface area contributed by atoms with Crippen LogP contribution < -0.4 is 4.74 Å². The highest BCUT2D eigenvalue weighted by Gasteiger charge is 2.24. The number of ether oxygens (including phenoxy) is 2. The van der Waals surface area contributed by atoms with E-state index in [1.807, 2.05) is 6.92 Å². The Morgan fingerprint density at radius 3 is 2.81 bits per heavy atom. The van der Waals surface area contributed by atoms with Gasteiger partial charge in [0.25, 0.3) is 0 Å². The lowest BCUT2D eigenvalue weighted by molar-refractivity contribution is -0.129. The highest BCUT2D eigenvalue weighted by atomic mass is 32.1. The highest BCUT2D eigenvalue weighted by Crippen LogP contribution is 2.20. The molecule has 0 saturated heterocycles. The summed E-state index contributed by atoms with van der Waals surface area (Å²) in [5.74, 6) is 0.542. The van der Waals surface area contributed by atoms with Gasteiger partial charge in [0.05, 0.1) is 6.61 Å². The molecule has 0 fully saturated rings. The second-order valence-electron chi connectivity index (χ2n) is 4.12. The van der Waals surface area contributed by atoms with Crippen molar-refractivity contribution in [1.82, 2.24) is 9.59 Å². The topological polar surface area (TPSA) is 73.7 Å². The number of aliphatic imine (C=N–C) groups is 1. The van der Waals surface area contributed by atoms with Crippen LogP contribution in [0.4, 0.5) is 0 Å². The first kappa shape index (κ1) is 13.4. The molecule has 2 heterocycles. The minimum Gasteiger partial charge on any atom is -0.494 e. The van der Waals surface area contributed by atoms with Gasteiger partial charge in [-0.1, -0.05) is 4.49 Å². The third-order valence-electron chi connectivity index (χ3n) is 2.69. The largest absolute Gasteiger partial charge is 0.494 e. The van der Waals surface area contributed by atoms with Crippen LogP contribution >= 0.6 is 11.5 Å². The number of esters is 1. The van der Waals surface area contributed by atoms with Gasteiger partial charge in [0.15, 0.2) is 5.70 Å². The van der Waals surface area contributed by atoms with Crippen LogP contribution in [-0.4, -0.2) is 28.1 Å². The average Bonchev–Trinajstić information content (AvgIpc) is 3.11. The molecular weight excluding hydrogens is 290 g/mol. The van der Waals surface area contributed by atoms with Gasteiger partial charge in [0.1, 0.15) is 11.4 Å². The van der Waals surface area contributed by atoms with Crippen LogP contribution in [0.25, 0.3) is 6.08 Å². The van der Waals surface area contributed by atoms with E-state index in [0.717, 1.165) is 5.75 Å². The zero-order valence-electron chi connectivity index (χ0n) is 11.1. The molecule has 0 spiro atoms. The first-order valence-electron chi connectivity index (χ1n) is 6.29. The van der Waals surface area contributed by atoms with Gasteiger partial charge in [-0.2, -0.15) is 0 Å². The SMILES string of the molecule is CCOc1ccc(C2=N/C(=C\c3csnn3)C(=O)O2)cc1. The Balaban J connectivity index is 1.84. The lowest BCUT2D eigenvalue weighted by Gasteiger charge is -2.03. The summed E-state index contributed by atoms with van der Waals surface area (Å²) in [6, 6.07) is 7.21. The van der Waals surface area contributed by atoms with Crippen molar-refractivity contribution in [2.75, 3.05) is 6.61 Å². The number of nitrogens with zero attached hydrogens (tertiary/aromatic N) is 3. The van der Waals surface area contributed by atoms with Gasteiger partial charge in [-0.05, 0) is 48.8 Å². The highest BCUT2D eigenvalue weighted by molar-refractivity contribution is 7.03. The molecule has 1 aromatic heterocycles. The van der Waals surface area contributed by atoms with Crippen molar-refractivity contribution >= 4 is 29.5 Å². The molecule has 1 aliphatic rings. The van der Waals surface area contributed by atoms with Crippen LogP contribution in [0.15, 0.2) is 40.3 Å². The molecule has 0 radical (unpaired) electrons. The second-order valence-corrected chi connectivity index (χ2v) is 4.73. The molecule has 0 saturated carbocycles. The maximum atomic E-state index is 11.8. The Hall–Kier alpha value is -2.54. The van der Waals surface area contributed by atoms with Crippen molar-refractivity contribution in [3.8, 4) is 5.75 Å². The van der Waals surface area contributed by atoms with Crippen molar-refractivity contribution in [1.29, 1.82) is 0 Å². The molecule has 3 rings (SSSR count). The van der Waals surface area contributed by atoms with Crippen LogP contribution in [0.5, 0.6) is 5.75 Å². The first-order chi connectivity index (χ1) is 10.3. The number of aromatic nitrogens is 2. The van der Waals surface area contributed by atoms with Gasteiger partial charge in [0.2, 0.25) is 5.90 Å². The molecule has 1 aliphatic heterocycles. The van der Waals surface area contributed by atoms with E-state index < -0.39 is 5.97 Å². The zero-order valence-corrected chi connectivity index (χ0v) is 12.0. The summed E-state index contributed by atoms with van der Waals surface area (Å²) in [7, 11) is 0. The lowest BCUT2D eigenvalue weighted by atomic mass is 10.2. The monoisotopic (exact) mass is 301 g/mol. The molecular formula is C14H11N3O3S. The fraction of sp³-hybridized carbons (Fsp3) is 0.143. The van der Waals surface area contributed by atoms with Crippen molar-refractivity contribution in [2.24, 2.45) is 4.99 Å². The molecule has 0 aliphatic carbocycles. The quantitative estimate of drug-likeness (QED) is 0.640. The number of benzene rings is 1. The van der Waals surface area contributed by atoms with Crippen molar-refractivity contribution in [2.45, 2.75) is 6.92 Å². The minimum absolute atomic E-state index is 0.214. The van der Waals surface area contributed by atoms with Crippen molar-refractivity contribution < 1.29 is 14.3 Å². The molecule has 106 valence electrons. The summed E-state index contributed by atoms with van der Waals surface area (Å²) in [5, 5.41) is 5.57. The Morgan fingerprint density at radius 1 is 1.33 bits per heavy atom. The Kier molecular flexibility index (Phi) is 3.74. The third kappa shape index (κ3) is 2.97. The van der Waals surface area contributed by atoms with Crippen molar-refractivity contribution in [3.63, 3.8) is 0 Å². The van der Waals surface area contributed by atoms with Gasteiger partial charge in [-0.15, -0.1) is 5.10 Å². The third-order valence-corrected chi connectivity index (χ3v) is 3.22. The molecule has 6 nitrogen and oxygen atoms in total. The molecule has 2 aromatic rings. The molecule has 7 heteroatoms. The summed E-state index contributed by atoms with van der Waals surface area (Å²) < 4.78 is 14.3. The number of hydrogen-bond donors (Lipinski definition) is 0. The molecule has 21 heavy (non-hydrogen) atoms. The van der Waals surface area contributed by atoms with Crippen LogP contribution in [-0.2, 0) is 9.53 Å². The van der Waals surface area contributed by atoms with Crippen LogP contribution in [0.3, 0.4) is 0 Å². The number of cyclic esters (lactones) is 1. The maximum absolute atomic E-state index is 11.8. The van der Waals surface area contributed by atoms with Crippen LogP contribution in [0, 0.1) is 0 Å². The lowest BCUT2D eigenvalue weighted by Crippen LogP contribution is -2.05. The van der Waals surface area contributed by atoms with E-state index in [9.17, 15) is 4.79 Å². The summed E-state index contributed by atoms with van der Waals surface area (Å²) in [4.78, 5) is 16.0. The smallest absolute Gasteiger partial charge is 0.363 e. The van der Waals surface area contributed by atoms with Gasteiger partial charge < -0.3 is 9.47 Å². The van der Waals surface area contributed by atoms with E-state index in [4.69, 9.17) is 9.47 Å². The summed E-state index contributed by atoms with van der Waals surface area (Å²) in [6.45, 7) is 2.52. The second kappa shape index (κ2) is 5.84. The summed E-state index contributed by atoms with van der Waals surface area (Å²) >= 11 is 1.21. The van der Waals surface area contributed by atoms with E-state index >= 15 is 0 Å². The molecule has 1 aromatic carbocycles. The van der Waals surface area contributed by atoms with E-state index in [1.165, 1.54) is 11.5 Å². The number of carbonyl (C=O) groups is 1. The Morgan fingerprint density at radius 2 is 2.14 bits per heavy atom. The average molecular weight is 301 g/mol. The molecule has 0 atom stereocenters. The fourth-order valence-corrected chi connectivity index (χ4v) is 2.18. The van der Waals surface area contributed by atoms with E-state index in [1.54, 1.807) is 35.7 Å². The fourth-order valence-electron chi connectivity index (χ4n) is 1.77. The van der Waals surface area contributed by atoms with E-state index in [-0.39, 0.29) is 11.6 Å². The maximum Gasteiger partial charge on any atom is 0.363 e. The van der Waals surface area contributed by atoms with E-state index in [0.29, 0.717) is 17.9 Å². The van der Waals surface area contributed by atoms with E-state index in [2.05, 4.69) is 14.6 Å². The predicted molar refractivity (Wildman–Crippen MR) is 78.1 cm³/mol. The van der Waals surface area contributed by atoms with Gasteiger partial charge in [-0.3, -0.25) is 0 Å². The normalized spacial score (nSPS) is 16.0. The summed E-state index contributed by atoms with van der Waals surface area (Å²) in [6.07, 6.45) is 1.55. The molecule has 0 N–H and O–H groups in total. The Labute approximate surface area is 124 Å².